The maximum atomic E-state index is 6.57. The van der Waals surface area contributed by atoms with Gasteiger partial charge in [-0.05, 0) is 164 Å². The molecule has 4 nitrogen and oxygen atoms in total. The van der Waals surface area contributed by atoms with Gasteiger partial charge in [0.25, 0.3) is 0 Å². The van der Waals surface area contributed by atoms with Gasteiger partial charge in [0.2, 0.25) is 0 Å². The predicted molar refractivity (Wildman–Crippen MR) is 370 cm³/mol. The van der Waals surface area contributed by atoms with Crippen molar-refractivity contribution < 1.29 is 4.42 Å². The number of hydrogen-bond acceptors (Lipinski definition) is 1. The SMILES string of the molecule is c1ccc(-n2c3ccccc3c3cc(-c4ccc5c(c4)c4cc(-c6ccc7c(c6)c6ccccc6n7-c6ccc7c(c6)C(c6ccccc6)(c6ccc(-c8cccc9c8oc8ccccc89)cc6)c6ccccc6-7)ccc4n5-c4ccccc4)ccc32)cc1. The lowest BCUT2D eigenvalue weighted by molar-refractivity contribution is 0.670. The van der Waals surface area contributed by atoms with Crippen LogP contribution in [0.4, 0.5) is 0 Å². The van der Waals surface area contributed by atoms with Gasteiger partial charge in [-0.3, -0.25) is 0 Å². The lowest BCUT2D eigenvalue weighted by Crippen LogP contribution is -2.28. The Kier molecular flexibility index (Phi) is 10.7. The molecule has 0 N–H and O–H groups in total. The molecule has 19 rings (SSSR count). The van der Waals surface area contributed by atoms with Crippen LogP contribution in [-0.2, 0) is 5.41 Å². The van der Waals surface area contributed by atoms with Crippen LogP contribution >= 0.6 is 0 Å². The highest BCUT2D eigenvalue weighted by atomic mass is 16.3. The van der Waals surface area contributed by atoms with E-state index in [9.17, 15) is 0 Å². The maximum absolute atomic E-state index is 6.57. The van der Waals surface area contributed by atoms with Gasteiger partial charge in [0.05, 0.1) is 38.5 Å². The van der Waals surface area contributed by atoms with E-state index >= 15 is 0 Å². The van der Waals surface area contributed by atoms with Crippen molar-refractivity contribution in [1.29, 1.82) is 0 Å². The molecular weight excluding hydrogens is 1080 g/mol. The quantitative estimate of drug-likeness (QED) is 0.149. The van der Waals surface area contributed by atoms with Crippen molar-refractivity contribution in [2.45, 2.75) is 5.41 Å². The molecule has 0 spiro atoms. The van der Waals surface area contributed by atoms with E-state index in [-0.39, 0.29) is 0 Å². The summed E-state index contributed by atoms with van der Waals surface area (Å²) in [5, 5.41) is 9.61. The van der Waals surface area contributed by atoms with E-state index in [1.165, 1.54) is 116 Å². The van der Waals surface area contributed by atoms with Crippen molar-refractivity contribution in [2.75, 3.05) is 0 Å². The first kappa shape index (κ1) is 49.5. The minimum absolute atomic E-state index is 0.611. The molecule has 0 aliphatic heterocycles. The van der Waals surface area contributed by atoms with E-state index in [1.807, 2.05) is 6.07 Å². The highest BCUT2D eigenvalue weighted by Gasteiger charge is 2.46. The molecule has 4 heteroatoms. The molecule has 4 heterocycles. The standard InChI is InChI=1S/C85H53N3O/c1-4-19-59(20-5-1)85(60-41-35-54(36-42-60)64-29-18-30-70-69-28-13-17-34-83(69)89-84(64)70)75-31-14-10-25-65(75)66-44-43-63(53-76(66)85)88-78-33-16-12-27-68(78)72-50-56(38-46-80(72)88)58-40-48-82-74(52-58)73-51-57(39-47-81(73)87(82)62-23-8-3-9-24-62)55-37-45-79-71(49-55)67-26-11-15-32-77(67)86(79)61-21-6-2-7-22-61/h1-53H. The summed E-state index contributed by atoms with van der Waals surface area (Å²) in [4.78, 5) is 0. The first-order valence-electron chi connectivity index (χ1n) is 30.7. The van der Waals surface area contributed by atoms with Crippen LogP contribution in [0.3, 0.4) is 0 Å². The van der Waals surface area contributed by atoms with Gasteiger partial charge in [0, 0.05) is 65.7 Å². The minimum atomic E-state index is -0.611. The number of fused-ring (bicyclic) bond motifs is 15. The van der Waals surface area contributed by atoms with E-state index in [2.05, 4.69) is 329 Å². The van der Waals surface area contributed by atoms with Crippen LogP contribution in [0.2, 0.25) is 0 Å². The Bertz CT molecular complexity index is 5900. The van der Waals surface area contributed by atoms with E-state index in [1.54, 1.807) is 0 Å². The fraction of sp³-hybridized carbons (Fsp3) is 0.0118. The molecule has 4 aromatic heterocycles. The number of aromatic nitrogens is 3. The summed E-state index contributed by atoms with van der Waals surface area (Å²) in [6.45, 7) is 0. The second-order valence-corrected chi connectivity index (χ2v) is 23.9. The average molecular weight is 1130 g/mol. The number of benzene rings is 14. The Morgan fingerprint density at radius 1 is 0.225 bits per heavy atom. The number of furan rings is 1. The Morgan fingerprint density at radius 2 is 0.629 bits per heavy atom. The third-order valence-electron chi connectivity index (χ3n) is 19.3. The van der Waals surface area contributed by atoms with Gasteiger partial charge in [-0.1, -0.05) is 218 Å². The Hall–Kier alpha value is -11.7. The summed E-state index contributed by atoms with van der Waals surface area (Å²) in [5.74, 6) is 0. The fourth-order valence-electron chi connectivity index (χ4n) is 15.4. The molecule has 0 saturated carbocycles. The third-order valence-corrected chi connectivity index (χ3v) is 19.3. The van der Waals surface area contributed by atoms with Crippen molar-refractivity contribution >= 4 is 87.4 Å². The largest absolute Gasteiger partial charge is 0.455 e. The molecule has 1 atom stereocenters. The van der Waals surface area contributed by atoms with Gasteiger partial charge in [0.15, 0.2) is 0 Å². The lowest BCUT2D eigenvalue weighted by atomic mass is 9.67. The monoisotopic (exact) mass is 1130 g/mol. The molecule has 414 valence electrons. The smallest absolute Gasteiger partial charge is 0.143 e. The van der Waals surface area contributed by atoms with Crippen LogP contribution in [0.15, 0.2) is 326 Å². The summed E-state index contributed by atoms with van der Waals surface area (Å²) >= 11 is 0. The predicted octanol–water partition coefficient (Wildman–Crippen LogP) is 22.2. The molecular formula is C85H53N3O. The second-order valence-electron chi connectivity index (χ2n) is 23.9. The normalized spacial score (nSPS) is 13.9. The zero-order valence-electron chi connectivity index (χ0n) is 48.3. The summed E-state index contributed by atoms with van der Waals surface area (Å²) in [7, 11) is 0. The van der Waals surface area contributed by atoms with E-state index in [0.717, 1.165) is 55.6 Å². The summed E-state index contributed by atoms with van der Waals surface area (Å²) in [5.41, 5.74) is 26.1. The second kappa shape index (κ2) is 19.1. The van der Waals surface area contributed by atoms with Crippen LogP contribution in [0.25, 0.3) is 149 Å². The van der Waals surface area contributed by atoms with Crippen molar-refractivity contribution in [3.05, 3.63) is 344 Å². The van der Waals surface area contributed by atoms with E-state index < -0.39 is 5.41 Å². The molecule has 0 amide bonds. The number of para-hydroxylation sites is 6. The number of rotatable bonds is 8. The van der Waals surface area contributed by atoms with Crippen LogP contribution in [-0.4, -0.2) is 13.7 Å². The van der Waals surface area contributed by atoms with Gasteiger partial charge < -0.3 is 18.1 Å². The number of hydrogen-bond donors (Lipinski definition) is 0. The van der Waals surface area contributed by atoms with E-state index in [0.29, 0.717) is 0 Å². The van der Waals surface area contributed by atoms with Gasteiger partial charge in [-0.2, -0.15) is 0 Å². The van der Waals surface area contributed by atoms with Crippen molar-refractivity contribution in [3.63, 3.8) is 0 Å². The molecule has 18 aromatic rings. The zero-order chi connectivity index (χ0) is 58.3. The molecule has 1 unspecified atom stereocenters. The molecule has 1 aliphatic carbocycles. The van der Waals surface area contributed by atoms with Gasteiger partial charge >= 0.3 is 0 Å². The summed E-state index contributed by atoms with van der Waals surface area (Å²) < 4.78 is 13.9. The Balaban J connectivity index is 0.752. The highest BCUT2D eigenvalue weighted by Crippen LogP contribution is 2.57. The van der Waals surface area contributed by atoms with Gasteiger partial charge in [-0.15, -0.1) is 0 Å². The van der Waals surface area contributed by atoms with Gasteiger partial charge in [-0.25, -0.2) is 0 Å². The Morgan fingerprint density at radius 3 is 1.20 bits per heavy atom. The fourth-order valence-corrected chi connectivity index (χ4v) is 15.4. The first-order chi connectivity index (χ1) is 44.1. The molecule has 14 aromatic carbocycles. The highest BCUT2D eigenvalue weighted by molar-refractivity contribution is 6.15. The summed E-state index contributed by atoms with van der Waals surface area (Å²) in [6.07, 6.45) is 0. The Labute approximate surface area is 513 Å². The lowest BCUT2D eigenvalue weighted by Gasteiger charge is -2.34. The average Bonchev–Trinajstić information content (AvgIpc) is 1.64. The topological polar surface area (TPSA) is 27.9 Å². The van der Waals surface area contributed by atoms with Crippen molar-refractivity contribution in [3.8, 4) is 61.6 Å². The van der Waals surface area contributed by atoms with Crippen LogP contribution < -0.4 is 0 Å². The third kappa shape index (κ3) is 7.23. The van der Waals surface area contributed by atoms with E-state index in [4.69, 9.17) is 4.42 Å². The molecule has 0 radical (unpaired) electrons. The van der Waals surface area contributed by atoms with Crippen LogP contribution in [0.5, 0.6) is 0 Å². The molecule has 0 fully saturated rings. The summed E-state index contributed by atoms with van der Waals surface area (Å²) in [6, 6.07) is 119. The van der Waals surface area contributed by atoms with Crippen molar-refractivity contribution in [1.82, 2.24) is 13.7 Å². The minimum Gasteiger partial charge on any atom is -0.455 e. The molecule has 89 heavy (non-hydrogen) atoms. The number of nitrogens with zero attached hydrogens (tertiary/aromatic N) is 3. The maximum Gasteiger partial charge on any atom is 0.143 e. The molecule has 0 saturated heterocycles. The van der Waals surface area contributed by atoms with Gasteiger partial charge in [0.1, 0.15) is 11.2 Å². The van der Waals surface area contributed by atoms with Crippen LogP contribution in [0.1, 0.15) is 22.3 Å². The molecule has 0 bridgehead atoms. The molecule has 1 aliphatic rings. The van der Waals surface area contributed by atoms with Crippen LogP contribution in [0, 0.1) is 0 Å². The zero-order valence-corrected chi connectivity index (χ0v) is 48.3. The van der Waals surface area contributed by atoms with Crippen molar-refractivity contribution in [2.24, 2.45) is 0 Å². The first-order valence-corrected chi connectivity index (χ1v) is 30.7.